The van der Waals surface area contributed by atoms with Crippen LogP contribution in [0.3, 0.4) is 0 Å². The van der Waals surface area contributed by atoms with E-state index >= 15 is 0 Å². The van der Waals surface area contributed by atoms with Crippen LogP contribution in [0.2, 0.25) is 0 Å². The maximum atomic E-state index is 12.0. The third kappa shape index (κ3) is 1.79. The molecule has 1 aliphatic carbocycles. The number of rotatable bonds is 2. The highest BCUT2D eigenvalue weighted by molar-refractivity contribution is 5.96. The summed E-state index contributed by atoms with van der Waals surface area (Å²) in [5.41, 5.74) is 0.951. The molecule has 1 saturated carbocycles. The van der Waals surface area contributed by atoms with Crippen LogP contribution in [0.4, 0.5) is 4.79 Å². The fourth-order valence-electron chi connectivity index (χ4n) is 2.11. The molecule has 2 amide bonds. The molecule has 2 fully saturated rings. The van der Waals surface area contributed by atoms with Crippen molar-refractivity contribution in [3.63, 3.8) is 0 Å². The Kier molecular flexibility index (Phi) is 2.35. The van der Waals surface area contributed by atoms with Crippen molar-refractivity contribution < 1.29 is 14.3 Å². The predicted octanol–water partition coefficient (Wildman–Crippen LogP) is 2.12. The number of nitrogens with zero attached hydrogens (tertiary/aromatic N) is 1. The number of imide groups is 1. The van der Waals surface area contributed by atoms with Crippen molar-refractivity contribution >= 4 is 12.0 Å². The van der Waals surface area contributed by atoms with Crippen LogP contribution in [-0.2, 0) is 9.53 Å². The smallest absolute Gasteiger partial charge is 0.417 e. The molecule has 4 heteroatoms. The SMILES string of the molecule is O=C1OC[C@H](c2ccccc2)N1C(=O)C1CC1. The van der Waals surface area contributed by atoms with E-state index in [1.807, 2.05) is 30.3 Å². The van der Waals surface area contributed by atoms with E-state index in [1.165, 1.54) is 4.90 Å². The fourth-order valence-corrected chi connectivity index (χ4v) is 2.11. The lowest BCUT2D eigenvalue weighted by molar-refractivity contribution is -0.130. The first-order valence-corrected chi connectivity index (χ1v) is 5.82. The lowest BCUT2D eigenvalue weighted by atomic mass is 10.1. The first-order chi connectivity index (χ1) is 8.27. The number of carbonyl (C=O) groups is 2. The summed E-state index contributed by atoms with van der Waals surface area (Å²) in [6.45, 7) is 0.265. The summed E-state index contributed by atoms with van der Waals surface area (Å²) in [4.78, 5) is 24.9. The minimum absolute atomic E-state index is 0.0341. The number of cyclic esters (lactones) is 1. The van der Waals surface area contributed by atoms with Crippen LogP contribution in [0, 0.1) is 5.92 Å². The maximum absolute atomic E-state index is 12.0. The van der Waals surface area contributed by atoms with Crippen LogP contribution in [0.5, 0.6) is 0 Å². The number of carbonyl (C=O) groups excluding carboxylic acids is 2. The molecular formula is C13H13NO3. The number of amides is 2. The van der Waals surface area contributed by atoms with Crippen molar-refractivity contribution in [3.05, 3.63) is 35.9 Å². The largest absolute Gasteiger partial charge is 0.446 e. The Morgan fingerprint density at radius 1 is 1.24 bits per heavy atom. The average Bonchev–Trinajstić information content (AvgIpc) is 3.13. The Morgan fingerprint density at radius 3 is 2.59 bits per heavy atom. The van der Waals surface area contributed by atoms with Crippen molar-refractivity contribution in [2.24, 2.45) is 5.92 Å². The zero-order chi connectivity index (χ0) is 11.8. The van der Waals surface area contributed by atoms with E-state index in [2.05, 4.69) is 0 Å². The Bertz CT molecular complexity index is 453. The molecule has 0 bridgehead atoms. The molecule has 0 unspecified atom stereocenters. The van der Waals surface area contributed by atoms with Crippen LogP contribution in [0.1, 0.15) is 24.4 Å². The molecule has 4 nitrogen and oxygen atoms in total. The molecule has 0 aromatic heterocycles. The Balaban J connectivity index is 1.88. The number of hydrogen-bond donors (Lipinski definition) is 0. The summed E-state index contributed by atoms with van der Waals surface area (Å²) in [5.74, 6) is -0.0479. The molecular weight excluding hydrogens is 218 g/mol. The summed E-state index contributed by atoms with van der Waals surface area (Å²) in [7, 11) is 0. The zero-order valence-electron chi connectivity index (χ0n) is 9.33. The summed E-state index contributed by atoms with van der Waals surface area (Å²) in [6, 6.07) is 9.29. The number of hydrogen-bond acceptors (Lipinski definition) is 3. The van der Waals surface area contributed by atoms with Gasteiger partial charge in [0.25, 0.3) is 0 Å². The molecule has 2 aliphatic rings. The topological polar surface area (TPSA) is 46.6 Å². The molecule has 0 radical (unpaired) electrons. The van der Waals surface area contributed by atoms with Gasteiger partial charge in [-0.3, -0.25) is 4.79 Å². The second-order valence-corrected chi connectivity index (χ2v) is 4.49. The molecule has 1 heterocycles. The van der Waals surface area contributed by atoms with Gasteiger partial charge in [0.1, 0.15) is 12.6 Å². The Morgan fingerprint density at radius 2 is 1.94 bits per heavy atom. The minimum atomic E-state index is -0.504. The van der Waals surface area contributed by atoms with Crippen molar-refractivity contribution in [2.75, 3.05) is 6.61 Å². The summed E-state index contributed by atoms with van der Waals surface area (Å²) >= 11 is 0. The predicted molar refractivity (Wildman–Crippen MR) is 60.1 cm³/mol. The van der Waals surface area contributed by atoms with E-state index in [0.717, 1.165) is 18.4 Å². The van der Waals surface area contributed by atoms with Gasteiger partial charge in [-0.25, -0.2) is 9.69 Å². The molecule has 1 saturated heterocycles. The van der Waals surface area contributed by atoms with Gasteiger partial charge in [-0.05, 0) is 18.4 Å². The van der Waals surface area contributed by atoms with Crippen LogP contribution in [-0.4, -0.2) is 23.5 Å². The van der Waals surface area contributed by atoms with Crippen molar-refractivity contribution in [2.45, 2.75) is 18.9 Å². The second-order valence-electron chi connectivity index (χ2n) is 4.49. The maximum Gasteiger partial charge on any atom is 0.417 e. The molecule has 0 N–H and O–H groups in total. The monoisotopic (exact) mass is 231 g/mol. The van der Waals surface area contributed by atoms with Crippen molar-refractivity contribution in [3.8, 4) is 0 Å². The van der Waals surface area contributed by atoms with E-state index in [9.17, 15) is 9.59 Å². The average molecular weight is 231 g/mol. The molecule has 1 aromatic rings. The van der Waals surface area contributed by atoms with Crippen molar-refractivity contribution in [1.29, 1.82) is 0 Å². The van der Waals surface area contributed by atoms with Crippen LogP contribution < -0.4 is 0 Å². The highest BCUT2D eigenvalue weighted by Gasteiger charge is 2.44. The quantitative estimate of drug-likeness (QED) is 0.783. The van der Waals surface area contributed by atoms with E-state index in [1.54, 1.807) is 0 Å². The van der Waals surface area contributed by atoms with Crippen molar-refractivity contribution in [1.82, 2.24) is 4.90 Å². The normalized spacial score (nSPS) is 23.6. The Labute approximate surface area is 99.2 Å². The highest BCUT2D eigenvalue weighted by atomic mass is 16.6. The fraction of sp³-hybridized carbons (Fsp3) is 0.385. The van der Waals surface area contributed by atoms with Gasteiger partial charge in [-0.15, -0.1) is 0 Å². The van der Waals surface area contributed by atoms with Gasteiger partial charge in [0.15, 0.2) is 0 Å². The van der Waals surface area contributed by atoms with Gasteiger partial charge in [0.2, 0.25) is 5.91 Å². The van der Waals surface area contributed by atoms with E-state index in [4.69, 9.17) is 4.74 Å². The minimum Gasteiger partial charge on any atom is -0.446 e. The van der Waals surface area contributed by atoms with E-state index in [0.29, 0.717) is 0 Å². The first kappa shape index (κ1) is 10.3. The molecule has 3 rings (SSSR count). The molecule has 1 atom stereocenters. The van der Waals surface area contributed by atoms with Crippen LogP contribution in [0.15, 0.2) is 30.3 Å². The number of benzene rings is 1. The molecule has 0 spiro atoms. The molecule has 88 valence electrons. The van der Waals surface area contributed by atoms with E-state index < -0.39 is 6.09 Å². The second kappa shape index (κ2) is 3.87. The molecule has 17 heavy (non-hydrogen) atoms. The van der Waals surface area contributed by atoms with Crippen LogP contribution in [0.25, 0.3) is 0 Å². The highest BCUT2D eigenvalue weighted by Crippen LogP contribution is 2.36. The lowest BCUT2D eigenvalue weighted by Crippen LogP contribution is -2.35. The number of ether oxygens (including phenoxy) is 1. The summed E-state index contributed by atoms with van der Waals surface area (Å²) in [5, 5.41) is 0. The summed E-state index contributed by atoms with van der Waals surface area (Å²) < 4.78 is 5.00. The standard InChI is InChI=1S/C13H13NO3/c15-12(10-6-7-10)14-11(8-17-13(14)16)9-4-2-1-3-5-9/h1-5,10-11H,6-8H2/t11-/m1/s1. The molecule has 1 aliphatic heterocycles. The first-order valence-electron chi connectivity index (χ1n) is 5.82. The van der Waals surface area contributed by atoms with Crippen LogP contribution >= 0.6 is 0 Å². The third-order valence-electron chi connectivity index (χ3n) is 3.22. The van der Waals surface area contributed by atoms with Gasteiger partial charge in [-0.2, -0.15) is 0 Å². The summed E-state index contributed by atoms with van der Waals surface area (Å²) in [6.07, 6.45) is 1.28. The third-order valence-corrected chi connectivity index (χ3v) is 3.22. The van der Waals surface area contributed by atoms with Gasteiger partial charge < -0.3 is 4.74 Å². The van der Waals surface area contributed by atoms with Gasteiger partial charge in [-0.1, -0.05) is 30.3 Å². The Hall–Kier alpha value is -1.84. The zero-order valence-corrected chi connectivity index (χ0v) is 9.33. The van der Waals surface area contributed by atoms with Gasteiger partial charge in [0, 0.05) is 5.92 Å². The van der Waals surface area contributed by atoms with Gasteiger partial charge in [0.05, 0.1) is 0 Å². The van der Waals surface area contributed by atoms with E-state index in [-0.39, 0.29) is 24.5 Å². The lowest BCUT2D eigenvalue weighted by Gasteiger charge is -2.19. The van der Waals surface area contributed by atoms with Gasteiger partial charge >= 0.3 is 6.09 Å². The molecule has 1 aromatic carbocycles.